The van der Waals surface area contributed by atoms with Gasteiger partial charge in [0.05, 0.1) is 11.0 Å². The smallest absolute Gasteiger partial charge is 0.273 e. The van der Waals surface area contributed by atoms with Crippen LogP contribution in [0, 0.1) is 10.1 Å². The van der Waals surface area contributed by atoms with E-state index >= 15 is 0 Å². The molecule has 0 radical (unpaired) electrons. The van der Waals surface area contributed by atoms with Crippen molar-refractivity contribution in [3.05, 3.63) is 33.9 Å². The zero-order chi connectivity index (χ0) is 9.14. The summed E-state index contributed by atoms with van der Waals surface area (Å²) in [5, 5.41) is 19.9. The molecule has 0 saturated carbocycles. The van der Waals surface area contributed by atoms with Crippen molar-refractivity contribution in [2.45, 2.75) is 5.33 Å². The molecule has 1 aromatic rings. The zero-order valence-corrected chi connectivity index (χ0v) is 7.61. The van der Waals surface area contributed by atoms with Gasteiger partial charge in [-0.2, -0.15) is 0 Å². The van der Waals surface area contributed by atoms with Crippen LogP contribution in [0.15, 0.2) is 18.2 Å². The maximum atomic E-state index is 10.2. The molecule has 0 heterocycles. The fraction of sp³-hybridized carbons (Fsp3) is 0.143. The highest BCUT2D eigenvalue weighted by Gasteiger charge is 2.08. The van der Waals surface area contributed by atoms with Crippen molar-refractivity contribution >= 4 is 21.6 Å². The minimum Gasteiger partial charge on any atom is -0.507 e. The summed E-state index contributed by atoms with van der Waals surface area (Å²) in [7, 11) is 0. The lowest BCUT2D eigenvalue weighted by Gasteiger charge is -1.98. The van der Waals surface area contributed by atoms with E-state index < -0.39 is 4.92 Å². The summed E-state index contributed by atoms with van der Waals surface area (Å²) in [6.45, 7) is 0. The molecule has 1 N–H and O–H groups in total. The van der Waals surface area contributed by atoms with Crippen molar-refractivity contribution in [1.29, 1.82) is 0 Å². The molecule has 4 nitrogen and oxygen atoms in total. The second-order valence-corrected chi connectivity index (χ2v) is 2.76. The number of nitro groups is 1. The van der Waals surface area contributed by atoms with Gasteiger partial charge in [-0.3, -0.25) is 10.1 Å². The topological polar surface area (TPSA) is 63.4 Å². The summed E-state index contributed by atoms with van der Waals surface area (Å²) < 4.78 is 0. The Morgan fingerprint density at radius 1 is 1.58 bits per heavy atom. The fourth-order valence-corrected chi connectivity index (χ4v) is 1.25. The molecular formula is C7H6BrNO3. The molecular weight excluding hydrogens is 226 g/mol. The van der Waals surface area contributed by atoms with E-state index in [9.17, 15) is 15.2 Å². The van der Waals surface area contributed by atoms with E-state index in [1.807, 2.05) is 0 Å². The van der Waals surface area contributed by atoms with Crippen LogP contribution in [0.25, 0.3) is 0 Å². The lowest BCUT2D eigenvalue weighted by molar-refractivity contribution is -0.384. The number of alkyl halides is 1. The maximum absolute atomic E-state index is 10.2. The van der Waals surface area contributed by atoms with Crippen LogP contribution in [0.5, 0.6) is 5.75 Å². The van der Waals surface area contributed by atoms with Gasteiger partial charge in [-0.15, -0.1) is 0 Å². The normalized spacial score (nSPS) is 9.75. The van der Waals surface area contributed by atoms with Crippen LogP contribution in [0.1, 0.15) is 5.56 Å². The lowest BCUT2D eigenvalue weighted by atomic mass is 10.2. The van der Waals surface area contributed by atoms with E-state index in [2.05, 4.69) is 15.9 Å². The Hall–Kier alpha value is -1.10. The van der Waals surface area contributed by atoms with Crippen LogP contribution in [-0.2, 0) is 5.33 Å². The first-order valence-corrected chi connectivity index (χ1v) is 4.29. The van der Waals surface area contributed by atoms with Gasteiger partial charge in [0.25, 0.3) is 5.69 Å². The summed E-state index contributed by atoms with van der Waals surface area (Å²) in [5.41, 5.74) is 0.540. The van der Waals surface area contributed by atoms with Gasteiger partial charge < -0.3 is 5.11 Å². The van der Waals surface area contributed by atoms with Crippen LogP contribution < -0.4 is 0 Å². The van der Waals surface area contributed by atoms with E-state index in [1.165, 1.54) is 12.1 Å². The lowest BCUT2D eigenvalue weighted by Crippen LogP contribution is -1.88. The molecule has 0 spiro atoms. The Balaban J connectivity index is 3.10. The number of rotatable bonds is 2. The third kappa shape index (κ3) is 1.73. The van der Waals surface area contributed by atoms with Gasteiger partial charge in [0.1, 0.15) is 5.75 Å². The van der Waals surface area contributed by atoms with Crippen LogP contribution in [-0.4, -0.2) is 10.0 Å². The Morgan fingerprint density at radius 2 is 2.25 bits per heavy atom. The molecule has 0 saturated heterocycles. The molecule has 0 aromatic heterocycles. The number of non-ortho nitro benzene ring substituents is 1. The molecule has 12 heavy (non-hydrogen) atoms. The number of nitro benzene ring substituents is 1. The number of hydrogen-bond acceptors (Lipinski definition) is 3. The number of phenolic OH excluding ortho intramolecular Hbond substituents is 1. The molecule has 0 aliphatic carbocycles. The third-order valence-electron chi connectivity index (χ3n) is 1.42. The molecule has 5 heteroatoms. The van der Waals surface area contributed by atoms with Crippen LogP contribution in [0.2, 0.25) is 0 Å². The monoisotopic (exact) mass is 231 g/mol. The number of phenols is 1. The van der Waals surface area contributed by atoms with Crippen molar-refractivity contribution in [3.63, 3.8) is 0 Å². The molecule has 0 fully saturated rings. The van der Waals surface area contributed by atoms with E-state index in [-0.39, 0.29) is 11.4 Å². The molecule has 1 aromatic carbocycles. The molecule has 1 rings (SSSR count). The zero-order valence-electron chi connectivity index (χ0n) is 6.03. The average molecular weight is 232 g/mol. The summed E-state index contributed by atoms with van der Waals surface area (Å²) in [6, 6.07) is 4.01. The number of benzene rings is 1. The second-order valence-electron chi connectivity index (χ2n) is 2.20. The van der Waals surface area contributed by atoms with Gasteiger partial charge in [-0.25, -0.2) is 0 Å². The Kier molecular flexibility index (Phi) is 2.65. The highest BCUT2D eigenvalue weighted by Crippen LogP contribution is 2.24. The summed E-state index contributed by atoms with van der Waals surface area (Å²) in [5.74, 6) is -0.0546. The standard InChI is InChI=1S/C7H6BrNO3/c8-4-5-1-2-6(9(11)12)3-7(5)10/h1-3,10H,4H2. The maximum Gasteiger partial charge on any atom is 0.273 e. The minimum absolute atomic E-state index is 0.0546. The Labute approximate surface area is 77.1 Å². The van der Waals surface area contributed by atoms with Crippen molar-refractivity contribution in [3.8, 4) is 5.75 Å². The molecule has 0 aliphatic heterocycles. The third-order valence-corrected chi connectivity index (χ3v) is 2.03. The van der Waals surface area contributed by atoms with Gasteiger partial charge in [0.2, 0.25) is 0 Å². The van der Waals surface area contributed by atoms with Gasteiger partial charge in [0, 0.05) is 17.0 Å². The summed E-state index contributed by atoms with van der Waals surface area (Å²) in [4.78, 5) is 9.69. The molecule has 0 atom stereocenters. The van der Waals surface area contributed by atoms with E-state index in [1.54, 1.807) is 0 Å². The van der Waals surface area contributed by atoms with Crippen LogP contribution in [0.3, 0.4) is 0 Å². The van der Waals surface area contributed by atoms with Crippen molar-refractivity contribution < 1.29 is 10.0 Å². The molecule has 0 bridgehead atoms. The predicted octanol–water partition coefficient (Wildman–Crippen LogP) is 2.20. The van der Waals surface area contributed by atoms with Gasteiger partial charge >= 0.3 is 0 Å². The first-order valence-electron chi connectivity index (χ1n) is 3.17. The average Bonchev–Trinajstić information content (AvgIpc) is 2.04. The highest BCUT2D eigenvalue weighted by atomic mass is 79.9. The number of halogens is 1. The van der Waals surface area contributed by atoms with Crippen LogP contribution >= 0.6 is 15.9 Å². The quantitative estimate of drug-likeness (QED) is 0.482. The van der Waals surface area contributed by atoms with E-state index in [0.717, 1.165) is 6.07 Å². The van der Waals surface area contributed by atoms with Crippen molar-refractivity contribution in [2.24, 2.45) is 0 Å². The minimum atomic E-state index is -0.544. The van der Waals surface area contributed by atoms with Gasteiger partial charge in [-0.1, -0.05) is 15.9 Å². The highest BCUT2D eigenvalue weighted by molar-refractivity contribution is 9.08. The number of aromatic hydroxyl groups is 1. The molecule has 64 valence electrons. The predicted molar refractivity (Wildman–Crippen MR) is 47.4 cm³/mol. The number of hydrogen-bond donors (Lipinski definition) is 1. The van der Waals surface area contributed by atoms with Gasteiger partial charge in [-0.05, 0) is 6.07 Å². The van der Waals surface area contributed by atoms with E-state index in [0.29, 0.717) is 10.9 Å². The Bertz CT molecular complexity index is 314. The summed E-state index contributed by atoms with van der Waals surface area (Å²) in [6.07, 6.45) is 0. The number of nitrogens with zero attached hydrogens (tertiary/aromatic N) is 1. The van der Waals surface area contributed by atoms with Gasteiger partial charge in [0.15, 0.2) is 0 Å². The van der Waals surface area contributed by atoms with Crippen molar-refractivity contribution in [2.75, 3.05) is 0 Å². The summed E-state index contributed by atoms with van der Waals surface area (Å²) >= 11 is 3.14. The first kappa shape index (κ1) is 8.99. The van der Waals surface area contributed by atoms with Crippen molar-refractivity contribution in [1.82, 2.24) is 0 Å². The SMILES string of the molecule is O=[N+]([O-])c1ccc(CBr)c(O)c1. The second kappa shape index (κ2) is 3.53. The molecule has 0 amide bonds. The fourth-order valence-electron chi connectivity index (χ4n) is 0.779. The molecule has 0 unspecified atom stereocenters. The first-order chi connectivity index (χ1) is 5.65. The van der Waals surface area contributed by atoms with Crippen LogP contribution in [0.4, 0.5) is 5.69 Å². The largest absolute Gasteiger partial charge is 0.507 e. The Morgan fingerprint density at radius 3 is 2.67 bits per heavy atom. The molecule has 0 aliphatic rings. The van der Waals surface area contributed by atoms with E-state index in [4.69, 9.17) is 0 Å².